The molecule has 1 N–H and O–H groups in total. The summed E-state index contributed by atoms with van der Waals surface area (Å²) in [7, 11) is -1.95. The molecule has 1 nitrogen and oxygen atoms in total. The third-order valence-electron chi connectivity index (χ3n) is 3.30. The van der Waals surface area contributed by atoms with Gasteiger partial charge in [-0.1, -0.05) is 41.0 Å². The molecule has 0 aliphatic heterocycles. The van der Waals surface area contributed by atoms with Gasteiger partial charge in [-0.2, -0.15) is 0 Å². The van der Waals surface area contributed by atoms with Crippen molar-refractivity contribution in [3.8, 4) is 0 Å². The molecule has 0 aromatic heterocycles. The van der Waals surface area contributed by atoms with Crippen LogP contribution in [0.4, 0.5) is 0 Å². The maximum Gasteiger partial charge on any atom is 0.193 e. The molecule has 12 heavy (non-hydrogen) atoms. The zero-order valence-electron chi connectivity index (χ0n) is 9.28. The standard InChI is InChI=1S/C10H24OSi/c1-6-9-10(4,5)12(11,7-2)8-3/h11H,6-9H2,1-5H3. The van der Waals surface area contributed by atoms with Gasteiger partial charge in [-0.15, -0.1) is 0 Å². The second kappa shape index (κ2) is 4.42. The van der Waals surface area contributed by atoms with Gasteiger partial charge >= 0.3 is 0 Å². The van der Waals surface area contributed by atoms with E-state index in [0.29, 0.717) is 0 Å². The van der Waals surface area contributed by atoms with Crippen LogP contribution >= 0.6 is 0 Å². The molecule has 0 aliphatic carbocycles. The van der Waals surface area contributed by atoms with Crippen molar-refractivity contribution in [2.24, 2.45) is 0 Å². The second-order valence-electron chi connectivity index (χ2n) is 4.37. The van der Waals surface area contributed by atoms with E-state index in [1.54, 1.807) is 0 Å². The van der Waals surface area contributed by atoms with Crippen LogP contribution in [0.1, 0.15) is 47.5 Å². The molecule has 0 atom stereocenters. The lowest BCUT2D eigenvalue weighted by atomic mass is 10.1. The summed E-state index contributed by atoms with van der Waals surface area (Å²) in [6.07, 6.45) is 2.35. The highest BCUT2D eigenvalue weighted by atomic mass is 28.4. The molecular weight excluding hydrogens is 164 g/mol. The van der Waals surface area contributed by atoms with Gasteiger partial charge in [0.1, 0.15) is 0 Å². The summed E-state index contributed by atoms with van der Waals surface area (Å²) in [5.74, 6) is 0. The van der Waals surface area contributed by atoms with E-state index in [0.717, 1.165) is 18.5 Å². The number of rotatable bonds is 5. The van der Waals surface area contributed by atoms with Crippen molar-refractivity contribution in [1.29, 1.82) is 0 Å². The molecule has 0 fully saturated rings. The minimum atomic E-state index is -1.95. The van der Waals surface area contributed by atoms with E-state index in [9.17, 15) is 4.80 Å². The predicted octanol–water partition coefficient (Wildman–Crippen LogP) is 3.54. The SMILES string of the molecule is CCCC(C)(C)[Si](O)(CC)CC. The fraction of sp³-hybridized carbons (Fsp3) is 1.00. The summed E-state index contributed by atoms with van der Waals surface area (Å²) >= 11 is 0. The largest absolute Gasteiger partial charge is 0.431 e. The van der Waals surface area contributed by atoms with E-state index >= 15 is 0 Å². The molecule has 0 aliphatic rings. The van der Waals surface area contributed by atoms with Gasteiger partial charge in [0.25, 0.3) is 0 Å². The Bertz CT molecular complexity index is 128. The van der Waals surface area contributed by atoms with Crippen molar-refractivity contribution in [2.75, 3.05) is 0 Å². The van der Waals surface area contributed by atoms with Crippen LogP contribution in [0.15, 0.2) is 0 Å². The minimum absolute atomic E-state index is 0.200. The first kappa shape index (κ1) is 12.2. The van der Waals surface area contributed by atoms with E-state index in [4.69, 9.17) is 0 Å². The van der Waals surface area contributed by atoms with Gasteiger partial charge in [-0.3, -0.25) is 0 Å². The third kappa shape index (κ3) is 2.33. The van der Waals surface area contributed by atoms with Gasteiger partial charge in [0.15, 0.2) is 8.32 Å². The predicted molar refractivity (Wildman–Crippen MR) is 57.9 cm³/mol. The maximum atomic E-state index is 10.4. The number of hydrogen-bond donors (Lipinski definition) is 1. The first-order chi connectivity index (χ1) is 5.43. The molecule has 0 saturated carbocycles. The van der Waals surface area contributed by atoms with Crippen LogP contribution in [0.3, 0.4) is 0 Å². The molecule has 0 bridgehead atoms. The molecule has 0 heterocycles. The highest BCUT2D eigenvalue weighted by molar-refractivity contribution is 6.75. The fourth-order valence-corrected chi connectivity index (χ4v) is 5.19. The third-order valence-corrected chi connectivity index (χ3v) is 8.41. The van der Waals surface area contributed by atoms with Crippen LogP contribution in [0, 0.1) is 0 Å². The smallest absolute Gasteiger partial charge is 0.193 e. The Kier molecular flexibility index (Phi) is 4.49. The molecule has 74 valence electrons. The molecule has 0 saturated heterocycles. The zero-order chi connectivity index (χ0) is 9.83. The lowest BCUT2D eigenvalue weighted by Crippen LogP contribution is -2.44. The van der Waals surface area contributed by atoms with Gasteiger partial charge in [0, 0.05) is 0 Å². The zero-order valence-corrected chi connectivity index (χ0v) is 10.3. The van der Waals surface area contributed by atoms with Gasteiger partial charge in [-0.05, 0) is 23.5 Å². The molecule has 0 amide bonds. The Hall–Kier alpha value is 0.177. The summed E-state index contributed by atoms with van der Waals surface area (Å²) in [4.78, 5) is 10.4. The molecule has 0 spiro atoms. The van der Waals surface area contributed by atoms with Crippen molar-refractivity contribution in [3.05, 3.63) is 0 Å². The van der Waals surface area contributed by atoms with Crippen LogP contribution in [0.2, 0.25) is 17.1 Å². The van der Waals surface area contributed by atoms with E-state index in [1.165, 1.54) is 6.42 Å². The Balaban J connectivity index is 4.46. The lowest BCUT2D eigenvalue weighted by molar-refractivity contribution is 0.431. The Morgan fingerprint density at radius 2 is 1.50 bits per heavy atom. The van der Waals surface area contributed by atoms with E-state index < -0.39 is 8.32 Å². The maximum absolute atomic E-state index is 10.4. The Morgan fingerprint density at radius 3 is 1.75 bits per heavy atom. The summed E-state index contributed by atoms with van der Waals surface area (Å²) in [6, 6.07) is 1.99. The molecule has 0 aromatic rings. The van der Waals surface area contributed by atoms with Crippen LogP contribution in [0.25, 0.3) is 0 Å². The van der Waals surface area contributed by atoms with Crippen LogP contribution < -0.4 is 0 Å². The molecule has 0 rings (SSSR count). The van der Waals surface area contributed by atoms with Gasteiger partial charge in [-0.25, -0.2) is 0 Å². The van der Waals surface area contributed by atoms with E-state index in [2.05, 4.69) is 34.6 Å². The van der Waals surface area contributed by atoms with Gasteiger partial charge < -0.3 is 4.80 Å². The summed E-state index contributed by atoms with van der Waals surface area (Å²) < 4.78 is 0. The molecule has 0 aromatic carbocycles. The summed E-state index contributed by atoms with van der Waals surface area (Å²) in [5.41, 5.74) is 0. The summed E-state index contributed by atoms with van der Waals surface area (Å²) in [5, 5.41) is 0.200. The first-order valence-electron chi connectivity index (χ1n) is 5.16. The normalized spacial score (nSPS) is 13.5. The average molecular weight is 188 g/mol. The van der Waals surface area contributed by atoms with Crippen LogP contribution in [-0.4, -0.2) is 13.1 Å². The average Bonchev–Trinajstić information content (AvgIpc) is 2.02. The topological polar surface area (TPSA) is 20.2 Å². The quantitative estimate of drug-likeness (QED) is 0.654. The Morgan fingerprint density at radius 1 is 1.08 bits per heavy atom. The fourth-order valence-electron chi connectivity index (χ4n) is 2.06. The molecule has 0 radical (unpaired) electrons. The molecular formula is C10H24OSi. The number of hydrogen-bond acceptors (Lipinski definition) is 1. The summed E-state index contributed by atoms with van der Waals surface area (Å²) in [6.45, 7) is 10.9. The lowest BCUT2D eigenvalue weighted by Gasteiger charge is -2.39. The minimum Gasteiger partial charge on any atom is -0.431 e. The van der Waals surface area contributed by atoms with Crippen LogP contribution in [-0.2, 0) is 0 Å². The van der Waals surface area contributed by atoms with E-state index in [1.807, 2.05) is 0 Å². The second-order valence-corrected chi connectivity index (χ2v) is 9.20. The first-order valence-corrected chi connectivity index (χ1v) is 7.52. The molecule has 2 heteroatoms. The van der Waals surface area contributed by atoms with Crippen molar-refractivity contribution in [3.63, 3.8) is 0 Å². The highest BCUT2D eigenvalue weighted by Crippen LogP contribution is 2.43. The monoisotopic (exact) mass is 188 g/mol. The highest BCUT2D eigenvalue weighted by Gasteiger charge is 2.42. The van der Waals surface area contributed by atoms with E-state index in [-0.39, 0.29) is 5.04 Å². The van der Waals surface area contributed by atoms with Crippen LogP contribution in [0.5, 0.6) is 0 Å². The van der Waals surface area contributed by atoms with Gasteiger partial charge in [0.05, 0.1) is 0 Å². The van der Waals surface area contributed by atoms with Crippen molar-refractivity contribution < 1.29 is 4.80 Å². The van der Waals surface area contributed by atoms with Crippen molar-refractivity contribution in [2.45, 2.75) is 64.6 Å². The van der Waals surface area contributed by atoms with Gasteiger partial charge in [0.2, 0.25) is 0 Å². The van der Waals surface area contributed by atoms with Crippen molar-refractivity contribution >= 4 is 8.32 Å². The molecule has 0 unspecified atom stereocenters. The van der Waals surface area contributed by atoms with Crippen molar-refractivity contribution in [1.82, 2.24) is 0 Å². The Labute approximate surface area is 78.3 Å².